The van der Waals surface area contributed by atoms with Gasteiger partial charge in [-0.3, -0.25) is 9.59 Å². The van der Waals surface area contributed by atoms with Crippen LogP contribution in [0.5, 0.6) is 11.5 Å². The summed E-state index contributed by atoms with van der Waals surface area (Å²) < 4.78 is 10.9. The molecule has 0 saturated carbocycles. The number of esters is 1. The van der Waals surface area contributed by atoms with Crippen molar-refractivity contribution < 1.29 is 29.0 Å². The number of aliphatic hydroxyl groups excluding tert-OH is 1. The van der Waals surface area contributed by atoms with E-state index in [1.165, 1.54) is 0 Å². The molecule has 2 N–H and O–H groups in total. The fourth-order valence-electron chi connectivity index (χ4n) is 4.95. The van der Waals surface area contributed by atoms with Gasteiger partial charge in [-0.05, 0) is 64.7 Å². The van der Waals surface area contributed by atoms with Crippen molar-refractivity contribution in [1.82, 2.24) is 5.32 Å². The van der Waals surface area contributed by atoms with Gasteiger partial charge in [0.2, 0.25) is 5.91 Å². The van der Waals surface area contributed by atoms with E-state index in [1.54, 1.807) is 53.4 Å². The van der Waals surface area contributed by atoms with Gasteiger partial charge in [-0.15, -0.1) is 0 Å². The first kappa shape index (κ1) is 30.3. The Bertz CT molecular complexity index is 1650. The monoisotopic (exact) mass is 590 g/mol. The highest BCUT2D eigenvalue weighted by Crippen LogP contribution is 2.33. The van der Waals surface area contributed by atoms with Crippen molar-refractivity contribution in [3.05, 3.63) is 131 Å². The lowest BCUT2D eigenvalue weighted by Crippen LogP contribution is -2.36. The first-order valence-corrected chi connectivity index (χ1v) is 14.5. The number of para-hydroxylation sites is 1. The zero-order chi connectivity index (χ0) is 30.9. The minimum Gasteiger partial charge on any atom is -0.484 e. The number of hydrogen-bond acceptors (Lipinski definition) is 6. The molecule has 4 aromatic carbocycles. The van der Waals surface area contributed by atoms with E-state index in [9.17, 15) is 14.4 Å². The summed E-state index contributed by atoms with van der Waals surface area (Å²) >= 11 is 0. The number of anilines is 1. The topological polar surface area (TPSA) is 105 Å². The third kappa shape index (κ3) is 7.59. The van der Waals surface area contributed by atoms with Gasteiger partial charge in [0.1, 0.15) is 11.5 Å². The Labute approximate surface area is 256 Å². The summed E-state index contributed by atoms with van der Waals surface area (Å²) in [6.45, 7) is 2.38. The Morgan fingerprint density at radius 1 is 0.886 bits per heavy atom. The van der Waals surface area contributed by atoms with Crippen LogP contribution >= 0.6 is 0 Å². The number of amides is 2. The van der Waals surface area contributed by atoms with Crippen LogP contribution in [0.1, 0.15) is 51.9 Å². The molecule has 0 fully saturated rings. The van der Waals surface area contributed by atoms with Crippen LogP contribution in [0.3, 0.4) is 0 Å². The summed E-state index contributed by atoms with van der Waals surface area (Å²) in [6, 6.07) is 28.8. The number of fused-ring (bicyclic) bond motifs is 2. The largest absolute Gasteiger partial charge is 0.484 e. The minimum atomic E-state index is -0.539. The summed E-state index contributed by atoms with van der Waals surface area (Å²) in [7, 11) is 0. The molecular weight excluding hydrogens is 556 g/mol. The predicted octanol–water partition coefficient (Wildman–Crippen LogP) is 5.65. The quantitative estimate of drug-likeness (QED) is 0.193. The molecular formula is C36H34N2O6. The lowest BCUT2D eigenvalue weighted by molar-refractivity contribution is -0.123. The molecule has 1 atom stereocenters. The molecule has 8 nitrogen and oxygen atoms in total. The Kier molecular flexibility index (Phi) is 9.84. The maximum atomic E-state index is 13.5. The molecule has 0 bridgehead atoms. The van der Waals surface area contributed by atoms with E-state index in [-0.39, 0.29) is 43.9 Å². The maximum absolute atomic E-state index is 13.5. The third-order valence-corrected chi connectivity index (χ3v) is 7.40. The first-order valence-electron chi connectivity index (χ1n) is 14.5. The molecule has 1 aliphatic heterocycles. The molecule has 0 spiro atoms. The van der Waals surface area contributed by atoms with Crippen LogP contribution in [0.15, 0.2) is 103 Å². The molecule has 1 aliphatic rings. The zero-order valence-electron chi connectivity index (χ0n) is 24.4. The van der Waals surface area contributed by atoms with Crippen molar-refractivity contribution >= 4 is 29.5 Å². The number of ether oxygens (including phenoxy) is 2. The number of nitrogens with one attached hydrogen (secondary N) is 1. The predicted molar refractivity (Wildman–Crippen MR) is 168 cm³/mol. The second kappa shape index (κ2) is 14.3. The molecule has 5 rings (SSSR count). The third-order valence-electron chi connectivity index (χ3n) is 7.40. The molecule has 1 unspecified atom stereocenters. The van der Waals surface area contributed by atoms with Gasteiger partial charge in [0.15, 0.2) is 6.61 Å². The van der Waals surface area contributed by atoms with E-state index in [0.717, 1.165) is 27.9 Å². The average Bonchev–Trinajstić information content (AvgIpc) is 3.11. The number of allylic oxidation sites excluding steroid dienone is 1. The summed E-state index contributed by atoms with van der Waals surface area (Å²) in [5.74, 6) is -0.0906. The van der Waals surface area contributed by atoms with E-state index in [2.05, 4.69) is 30.5 Å². The van der Waals surface area contributed by atoms with Crippen LogP contribution < -0.4 is 19.7 Å². The standard InChI is InChI=1S/C36H34N2O6/c1-25-10-13-27-6-2-3-7-29(27)22-38(33-9-5-4-8-32(25)33)35(41)20-21-37-34(40)24-43-30-18-14-28(15-19-30)36(42)44-31-16-11-26(23-39)12-17-31/h2-19,25,39H,20-24H2,1H3,(H,37,40)/b13-10-. The van der Waals surface area contributed by atoms with Crippen molar-refractivity contribution in [3.63, 3.8) is 0 Å². The maximum Gasteiger partial charge on any atom is 0.343 e. The molecule has 0 saturated heterocycles. The normalized spacial score (nSPS) is 14.6. The van der Waals surface area contributed by atoms with Crippen molar-refractivity contribution in [2.24, 2.45) is 0 Å². The van der Waals surface area contributed by atoms with Crippen LogP contribution in [-0.4, -0.2) is 36.0 Å². The van der Waals surface area contributed by atoms with Gasteiger partial charge in [0, 0.05) is 24.6 Å². The Morgan fingerprint density at radius 3 is 2.36 bits per heavy atom. The number of rotatable bonds is 9. The first-order chi connectivity index (χ1) is 21.4. The average molecular weight is 591 g/mol. The van der Waals surface area contributed by atoms with Gasteiger partial charge in [0.05, 0.1) is 18.7 Å². The zero-order valence-corrected chi connectivity index (χ0v) is 24.4. The molecule has 4 aromatic rings. The van der Waals surface area contributed by atoms with Gasteiger partial charge >= 0.3 is 5.97 Å². The van der Waals surface area contributed by atoms with Crippen LogP contribution in [0.25, 0.3) is 6.08 Å². The molecule has 0 radical (unpaired) electrons. The number of hydrogen-bond donors (Lipinski definition) is 2. The fraction of sp³-hybridized carbons (Fsp3) is 0.194. The summed E-state index contributed by atoms with van der Waals surface area (Å²) in [4.78, 5) is 40.2. The fourth-order valence-corrected chi connectivity index (χ4v) is 4.95. The Balaban J connectivity index is 1.13. The Morgan fingerprint density at radius 2 is 1.59 bits per heavy atom. The highest BCUT2D eigenvalue weighted by molar-refractivity contribution is 5.95. The molecule has 224 valence electrons. The van der Waals surface area contributed by atoms with Crippen LogP contribution in [0.2, 0.25) is 0 Å². The van der Waals surface area contributed by atoms with Crippen molar-refractivity contribution in [3.8, 4) is 11.5 Å². The summed E-state index contributed by atoms with van der Waals surface area (Å²) in [5, 5.41) is 11.9. The van der Waals surface area contributed by atoms with E-state index in [4.69, 9.17) is 14.6 Å². The van der Waals surface area contributed by atoms with Crippen LogP contribution in [0, 0.1) is 0 Å². The number of nitrogens with zero attached hydrogens (tertiary/aromatic N) is 1. The Hall–Kier alpha value is -5.21. The summed E-state index contributed by atoms with van der Waals surface area (Å²) in [6.07, 6.45) is 4.40. The highest BCUT2D eigenvalue weighted by Gasteiger charge is 2.22. The van der Waals surface area contributed by atoms with E-state index in [0.29, 0.717) is 23.6 Å². The molecule has 0 aliphatic carbocycles. The van der Waals surface area contributed by atoms with E-state index < -0.39 is 5.97 Å². The number of benzene rings is 4. The van der Waals surface area contributed by atoms with Gasteiger partial charge in [-0.2, -0.15) is 0 Å². The van der Waals surface area contributed by atoms with E-state index >= 15 is 0 Å². The van der Waals surface area contributed by atoms with Crippen molar-refractivity contribution in [2.45, 2.75) is 32.4 Å². The molecule has 44 heavy (non-hydrogen) atoms. The second-order valence-electron chi connectivity index (χ2n) is 10.5. The molecule has 8 heteroatoms. The molecule has 1 heterocycles. The highest BCUT2D eigenvalue weighted by atomic mass is 16.5. The smallest absolute Gasteiger partial charge is 0.343 e. The number of carbonyl (C=O) groups is 3. The number of aliphatic hydroxyl groups is 1. The van der Waals surface area contributed by atoms with Gasteiger partial charge in [-0.25, -0.2) is 4.79 Å². The lowest BCUT2D eigenvalue weighted by Gasteiger charge is -2.27. The van der Waals surface area contributed by atoms with Gasteiger partial charge < -0.3 is 24.8 Å². The molecule has 0 aromatic heterocycles. The van der Waals surface area contributed by atoms with Gasteiger partial charge in [-0.1, -0.05) is 73.7 Å². The van der Waals surface area contributed by atoms with E-state index in [1.807, 2.05) is 42.5 Å². The molecule has 2 amide bonds. The lowest BCUT2D eigenvalue weighted by atomic mass is 9.97. The van der Waals surface area contributed by atoms with Crippen molar-refractivity contribution in [2.75, 3.05) is 18.1 Å². The summed E-state index contributed by atoms with van der Waals surface area (Å²) in [5.41, 5.74) is 5.10. The minimum absolute atomic E-state index is 0.0885. The van der Waals surface area contributed by atoms with Crippen molar-refractivity contribution in [1.29, 1.82) is 0 Å². The second-order valence-corrected chi connectivity index (χ2v) is 10.5. The van der Waals surface area contributed by atoms with Gasteiger partial charge in [0.25, 0.3) is 5.91 Å². The van der Waals surface area contributed by atoms with Crippen LogP contribution in [0.4, 0.5) is 5.69 Å². The van der Waals surface area contributed by atoms with Crippen LogP contribution in [-0.2, 0) is 22.7 Å². The number of carbonyl (C=O) groups excluding carboxylic acids is 3. The SMILES string of the molecule is CC1/C=C\c2ccccc2CN(C(=O)CCNC(=O)COc2ccc(C(=O)Oc3ccc(CO)cc3)cc2)c2ccccc21.